The maximum Gasteiger partial charge on any atom is 0.338 e. The Morgan fingerprint density at radius 3 is 0.985 bits per heavy atom. The number of nitrogens with zero attached hydrogens (tertiary/aromatic N) is 1. The Balaban J connectivity index is 1.13. The highest BCUT2D eigenvalue weighted by molar-refractivity contribution is 6.07. The minimum absolute atomic E-state index is 0.195. The third-order valence-electron chi connectivity index (χ3n) is 12.1. The molecule has 4 aromatic rings. The van der Waals surface area contributed by atoms with E-state index in [1.807, 2.05) is 12.2 Å². The summed E-state index contributed by atoms with van der Waals surface area (Å²) in [6.07, 6.45) is 4.45. The molecule has 1 saturated carbocycles. The lowest BCUT2D eigenvalue weighted by Gasteiger charge is -2.38. The van der Waals surface area contributed by atoms with Gasteiger partial charge in [-0.1, -0.05) is 84.9 Å². The summed E-state index contributed by atoms with van der Waals surface area (Å²) in [6.45, 7) is 0.234. The summed E-state index contributed by atoms with van der Waals surface area (Å²) < 4.78 is 34.0. The van der Waals surface area contributed by atoms with Crippen LogP contribution >= 0.6 is 0 Å². The van der Waals surface area contributed by atoms with Crippen molar-refractivity contribution in [2.75, 3.05) is 39.6 Å². The van der Waals surface area contributed by atoms with Gasteiger partial charge in [0.1, 0.15) is 56.0 Å². The van der Waals surface area contributed by atoms with Gasteiger partial charge >= 0.3 is 35.8 Å². The Bertz CT molecular complexity index is 2210. The molecule has 4 aromatic carbocycles. The van der Waals surface area contributed by atoms with Crippen LogP contribution in [0.25, 0.3) is 0 Å². The van der Waals surface area contributed by atoms with Crippen LogP contribution in [0.2, 0.25) is 0 Å². The molecule has 4 atom stereocenters. The Labute approximate surface area is 380 Å². The highest BCUT2D eigenvalue weighted by Gasteiger charge is 2.63. The van der Waals surface area contributed by atoms with E-state index in [9.17, 15) is 38.4 Å². The highest BCUT2D eigenvalue weighted by Crippen LogP contribution is 2.53. The lowest BCUT2D eigenvalue weighted by molar-refractivity contribution is -0.177. The zero-order valence-electron chi connectivity index (χ0n) is 36.6. The average molecular weight is 900 g/mol. The smallest absolute Gasteiger partial charge is 0.338 e. The third-order valence-corrected chi connectivity index (χ3v) is 12.1. The van der Waals surface area contributed by atoms with Crippen LogP contribution in [0.5, 0.6) is 0 Å². The van der Waals surface area contributed by atoms with Crippen LogP contribution in [0.3, 0.4) is 0 Å². The molecule has 3 aliphatic rings. The van der Waals surface area contributed by atoms with Crippen molar-refractivity contribution in [2.45, 2.75) is 32.7 Å². The Hall–Kier alpha value is -7.42. The van der Waals surface area contributed by atoms with E-state index in [0.717, 1.165) is 4.90 Å². The molecule has 0 spiro atoms. The fourth-order valence-corrected chi connectivity index (χ4v) is 8.24. The topological polar surface area (TPSA) is 195 Å². The van der Waals surface area contributed by atoms with E-state index in [1.165, 1.54) is 69.3 Å². The zero-order valence-corrected chi connectivity index (χ0v) is 36.6. The number of hydrogen-bond donors (Lipinski definition) is 0. The zero-order chi connectivity index (χ0) is 47.1. The van der Waals surface area contributed by atoms with Gasteiger partial charge in [0.15, 0.2) is 0 Å². The molecular weight excluding hydrogens is 851 g/mol. The van der Waals surface area contributed by atoms with Gasteiger partial charge in [0.05, 0.1) is 34.1 Å². The van der Waals surface area contributed by atoms with E-state index in [2.05, 4.69) is 0 Å². The molecule has 15 nitrogen and oxygen atoms in total. The Morgan fingerprint density at radius 2 is 0.712 bits per heavy atom. The number of hydrogen-bond acceptors (Lipinski definition) is 14. The van der Waals surface area contributed by atoms with Crippen LogP contribution in [0, 0.1) is 34.5 Å². The third kappa shape index (κ3) is 10.1. The van der Waals surface area contributed by atoms with Crippen molar-refractivity contribution in [3.05, 3.63) is 156 Å². The fraction of sp³-hybridized carbons (Fsp3) is 0.333. The number of allylic oxidation sites excluding steroid dienone is 2. The van der Waals surface area contributed by atoms with Gasteiger partial charge in [-0.15, -0.1) is 0 Å². The molecule has 7 rings (SSSR count). The van der Waals surface area contributed by atoms with E-state index >= 15 is 0 Å². The summed E-state index contributed by atoms with van der Waals surface area (Å²) in [7, 11) is 0. The predicted molar refractivity (Wildman–Crippen MR) is 233 cm³/mol. The molecule has 66 heavy (non-hydrogen) atoms. The van der Waals surface area contributed by atoms with Gasteiger partial charge in [-0.3, -0.25) is 24.1 Å². The molecule has 4 unspecified atom stereocenters. The summed E-state index contributed by atoms with van der Waals surface area (Å²) in [6, 6.07) is 32.1. The molecule has 1 saturated heterocycles. The number of benzene rings is 4. The summed E-state index contributed by atoms with van der Waals surface area (Å²) in [4.78, 5) is 111. The monoisotopic (exact) mass is 899 g/mol. The molecular formula is C51H49NO14. The van der Waals surface area contributed by atoms with E-state index in [0.29, 0.717) is 6.42 Å². The van der Waals surface area contributed by atoms with Crippen LogP contribution in [0.1, 0.15) is 68.6 Å². The van der Waals surface area contributed by atoms with Gasteiger partial charge in [-0.05, 0) is 87.6 Å². The number of likely N-dealkylation sites (tertiary alicyclic amines) is 1. The molecule has 0 radical (unpaired) electrons. The lowest BCUT2D eigenvalue weighted by atomic mass is 9.85. The largest absolute Gasteiger partial charge is 0.462 e. The van der Waals surface area contributed by atoms with Gasteiger partial charge in [0.2, 0.25) is 11.8 Å². The van der Waals surface area contributed by atoms with Gasteiger partial charge in [0.25, 0.3) is 0 Å². The normalized spacial score (nSPS) is 18.6. The van der Waals surface area contributed by atoms with Crippen LogP contribution in [-0.2, 0) is 47.6 Å². The predicted octanol–water partition coefficient (Wildman–Crippen LogP) is 6.08. The van der Waals surface area contributed by atoms with Crippen molar-refractivity contribution in [1.82, 2.24) is 4.90 Å². The molecule has 15 heteroatoms. The first-order valence-corrected chi connectivity index (χ1v) is 21.4. The maximum absolute atomic E-state index is 14.3. The number of amides is 2. The molecule has 342 valence electrons. The molecule has 0 N–H and O–H groups in total. The summed E-state index contributed by atoms with van der Waals surface area (Å²) >= 11 is 0. The number of rotatable bonds is 19. The quantitative estimate of drug-likeness (QED) is 0.0455. The lowest BCUT2D eigenvalue weighted by Crippen LogP contribution is -2.58. The molecule has 2 bridgehead atoms. The summed E-state index contributed by atoms with van der Waals surface area (Å²) in [5.41, 5.74) is -4.75. The second kappa shape index (κ2) is 19.8. The number of esters is 6. The van der Waals surface area contributed by atoms with Crippen molar-refractivity contribution in [1.29, 1.82) is 0 Å². The number of carbonyl (C=O) groups excluding carboxylic acids is 8. The minimum Gasteiger partial charge on any atom is -0.462 e. The molecule has 1 heterocycles. The number of imide groups is 1. The molecule has 1 aliphatic heterocycles. The first-order valence-electron chi connectivity index (χ1n) is 21.4. The number of fused-ring (bicyclic) bond motifs is 5. The van der Waals surface area contributed by atoms with Crippen LogP contribution in [-0.4, -0.2) is 97.7 Å². The van der Waals surface area contributed by atoms with Gasteiger partial charge in [-0.2, -0.15) is 0 Å². The maximum atomic E-state index is 14.3. The second-order valence-electron chi connectivity index (χ2n) is 17.6. The molecule has 2 aliphatic carbocycles. The van der Waals surface area contributed by atoms with E-state index in [-0.39, 0.29) is 34.1 Å². The van der Waals surface area contributed by atoms with Crippen molar-refractivity contribution in [3.8, 4) is 0 Å². The van der Waals surface area contributed by atoms with Crippen LogP contribution in [0.15, 0.2) is 133 Å². The van der Waals surface area contributed by atoms with Crippen molar-refractivity contribution < 1.29 is 66.8 Å². The van der Waals surface area contributed by atoms with Crippen LogP contribution < -0.4 is 0 Å². The molecule has 0 aromatic heterocycles. The van der Waals surface area contributed by atoms with Gasteiger partial charge in [-0.25, -0.2) is 19.2 Å². The first-order chi connectivity index (χ1) is 31.6. The molecule has 2 amide bonds. The summed E-state index contributed by atoms with van der Waals surface area (Å²) in [5.74, 6) is -7.97. The Kier molecular flexibility index (Phi) is 13.9. The SMILES string of the molecule is CC(COC(=O)c1ccccc1)(COC(=O)c1ccccc1)C(=O)OCC(C)(COC(=O)C(C)(COC(=O)c1ccccc1)COC(=O)c1ccccc1)N1C(=O)C2C3C=CC(C3)C2C1=O. The minimum atomic E-state index is -1.85. The van der Waals surface area contributed by atoms with Gasteiger partial charge < -0.3 is 28.4 Å². The van der Waals surface area contributed by atoms with E-state index in [1.54, 1.807) is 72.8 Å². The molecule has 2 fully saturated rings. The van der Waals surface area contributed by atoms with E-state index < -0.39 is 115 Å². The second-order valence-corrected chi connectivity index (χ2v) is 17.6. The first kappa shape index (κ1) is 46.6. The van der Waals surface area contributed by atoms with Crippen LogP contribution in [0.4, 0.5) is 0 Å². The standard InChI is InChI=1S/C51H49NO14/c1-49(27-61-43(55)33-16-8-4-9-17-33,28-62-44(56)34-18-10-5-11-19-34)47(59)65-31-51(3,52-41(53)39-37-24-25-38(26-37)40(39)42(52)54)32-66-48(60)50(2,29-63-45(57)35-20-12-6-13-21-35)30-64-46(58)36-22-14-7-15-23-36/h4-25,37-40H,26-32H2,1-3H3. The van der Waals surface area contributed by atoms with Gasteiger partial charge in [0, 0.05) is 0 Å². The summed E-state index contributed by atoms with van der Waals surface area (Å²) in [5, 5.41) is 0. The Morgan fingerprint density at radius 1 is 0.439 bits per heavy atom. The van der Waals surface area contributed by atoms with Crippen molar-refractivity contribution >= 4 is 47.6 Å². The number of ether oxygens (including phenoxy) is 6. The fourth-order valence-electron chi connectivity index (χ4n) is 8.24. The van der Waals surface area contributed by atoms with E-state index in [4.69, 9.17) is 28.4 Å². The highest BCUT2D eigenvalue weighted by atomic mass is 16.6. The van der Waals surface area contributed by atoms with Crippen molar-refractivity contribution in [3.63, 3.8) is 0 Å². The van der Waals surface area contributed by atoms with Crippen molar-refractivity contribution in [2.24, 2.45) is 34.5 Å². The average Bonchev–Trinajstić information content (AvgIpc) is 4.06. The number of carbonyl (C=O) groups is 8.